The van der Waals surface area contributed by atoms with Crippen LogP contribution in [0.15, 0.2) is 249 Å². The van der Waals surface area contributed by atoms with Gasteiger partial charge in [-0.3, -0.25) is 0 Å². The lowest BCUT2D eigenvalue weighted by molar-refractivity contribution is -0.0399. The number of para-hydroxylation sites is 4. The van der Waals surface area contributed by atoms with Crippen molar-refractivity contribution < 1.29 is 0 Å². The number of fused-ring (bicyclic) bond motifs is 9. The second-order valence-corrected chi connectivity index (χ2v) is 25.9. The van der Waals surface area contributed by atoms with Crippen LogP contribution in [0.3, 0.4) is 0 Å². The summed E-state index contributed by atoms with van der Waals surface area (Å²) in [7, 11) is 0. The average molecular weight is 1100 g/mol. The Kier molecular flexibility index (Phi) is 10.2. The molecule has 0 radical (unpaired) electrons. The summed E-state index contributed by atoms with van der Waals surface area (Å²) in [5.74, 6) is 2.96. The molecule has 410 valence electrons. The molecule has 20 rings (SSSR count). The van der Waals surface area contributed by atoms with Crippen molar-refractivity contribution >= 4 is 110 Å². The van der Waals surface area contributed by atoms with Crippen molar-refractivity contribution in [2.75, 3.05) is 9.80 Å². The SMILES string of the molecule is Cc1cccc(N(c2ccc(-n3c4ccccc4c4ccccc43)cc2)c2ccc3ccc4c(N(c5ccccc5)c5cc(C)c6c(c5)C5(c7ccc(-c8ccc9c(c8)[nH]c8ccccc89)cc7-6)C6CC7CC(C6)CC5C7)ccc5ccc2c3c54)c1. The molecule has 15 aromatic rings. The number of nitrogens with one attached hydrogen (secondary N) is 1. The summed E-state index contributed by atoms with van der Waals surface area (Å²) < 4.78 is 2.41. The van der Waals surface area contributed by atoms with Crippen molar-refractivity contribution in [3.8, 4) is 27.9 Å². The maximum atomic E-state index is 3.74. The predicted molar refractivity (Wildman–Crippen MR) is 361 cm³/mol. The highest BCUT2D eigenvalue weighted by Gasteiger charge is 2.62. The fourth-order valence-electron chi connectivity index (χ4n) is 18.2. The van der Waals surface area contributed by atoms with Crippen LogP contribution in [-0.4, -0.2) is 9.55 Å². The van der Waals surface area contributed by atoms with Crippen LogP contribution in [-0.2, 0) is 5.41 Å². The van der Waals surface area contributed by atoms with Gasteiger partial charge in [-0.25, -0.2) is 0 Å². The Morgan fingerprint density at radius 1 is 0.395 bits per heavy atom. The molecule has 0 saturated heterocycles. The summed E-state index contributed by atoms with van der Waals surface area (Å²) >= 11 is 0. The van der Waals surface area contributed by atoms with Crippen LogP contribution in [0, 0.1) is 37.5 Å². The molecule has 86 heavy (non-hydrogen) atoms. The van der Waals surface area contributed by atoms with Crippen LogP contribution in [0.4, 0.5) is 34.1 Å². The summed E-state index contributed by atoms with van der Waals surface area (Å²) in [4.78, 5) is 8.82. The minimum Gasteiger partial charge on any atom is -0.354 e. The Balaban J connectivity index is 0.779. The van der Waals surface area contributed by atoms with Gasteiger partial charge < -0.3 is 19.4 Å². The molecule has 4 fully saturated rings. The molecular weight excluding hydrogens is 1040 g/mol. The van der Waals surface area contributed by atoms with Gasteiger partial charge in [-0.1, -0.05) is 146 Å². The molecular formula is C82H62N4. The zero-order chi connectivity index (χ0) is 56.5. The van der Waals surface area contributed by atoms with E-state index in [1.54, 1.807) is 11.1 Å². The minimum absolute atomic E-state index is 0.0194. The number of anilines is 6. The molecule has 2 heterocycles. The quantitative estimate of drug-likeness (QED) is 0.154. The summed E-state index contributed by atoms with van der Waals surface area (Å²) in [5, 5.41) is 12.7. The van der Waals surface area contributed by atoms with Gasteiger partial charge >= 0.3 is 0 Å². The predicted octanol–water partition coefficient (Wildman–Crippen LogP) is 22.3. The van der Waals surface area contributed by atoms with E-state index in [0.717, 1.165) is 34.6 Å². The van der Waals surface area contributed by atoms with Crippen molar-refractivity contribution in [2.45, 2.75) is 51.4 Å². The monoisotopic (exact) mass is 1100 g/mol. The van der Waals surface area contributed by atoms with Crippen LogP contribution >= 0.6 is 0 Å². The van der Waals surface area contributed by atoms with Gasteiger partial charge in [0.25, 0.3) is 0 Å². The largest absolute Gasteiger partial charge is 0.354 e. The summed E-state index contributed by atoms with van der Waals surface area (Å²) in [6, 6.07) is 94.5. The van der Waals surface area contributed by atoms with Gasteiger partial charge in [0.1, 0.15) is 0 Å². The molecule has 5 aliphatic rings. The molecule has 2 aromatic heterocycles. The van der Waals surface area contributed by atoms with Crippen LogP contribution in [0.2, 0.25) is 0 Å². The highest BCUT2D eigenvalue weighted by Crippen LogP contribution is 2.70. The first-order valence-corrected chi connectivity index (χ1v) is 31.2. The molecule has 4 bridgehead atoms. The number of hydrogen-bond donors (Lipinski definition) is 1. The molecule has 4 saturated carbocycles. The molecule has 4 nitrogen and oxygen atoms in total. The average Bonchev–Trinajstić information content (AvgIpc) is 1.47. The normalized spacial score (nSPS) is 19.3. The van der Waals surface area contributed by atoms with Crippen molar-refractivity contribution in [1.82, 2.24) is 9.55 Å². The van der Waals surface area contributed by atoms with Crippen molar-refractivity contribution in [1.29, 1.82) is 0 Å². The fraction of sp³-hybridized carbons (Fsp3) is 0.146. The zero-order valence-electron chi connectivity index (χ0n) is 48.4. The molecule has 0 atom stereocenters. The van der Waals surface area contributed by atoms with Crippen LogP contribution in [0.25, 0.3) is 104 Å². The minimum atomic E-state index is -0.0194. The van der Waals surface area contributed by atoms with E-state index in [0.29, 0.717) is 11.8 Å². The fourth-order valence-corrected chi connectivity index (χ4v) is 18.2. The number of nitrogens with zero attached hydrogens (tertiary/aromatic N) is 3. The Hall–Kier alpha value is -9.90. The number of benzene rings is 13. The molecule has 4 heteroatoms. The Morgan fingerprint density at radius 2 is 0.953 bits per heavy atom. The number of aryl methyl sites for hydroxylation is 2. The summed E-state index contributed by atoms with van der Waals surface area (Å²) in [6.45, 7) is 4.61. The summed E-state index contributed by atoms with van der Waals surface area (Å²) in [6.07, 6.45) is 6.77. The second kappa shape index (κ2) is 18.1. The number of aromatic amines is 1. The number of hydrogen-bond acceptors (Lipinski definition) is 2. The van der Waals surface area contributed by atoms with Gasteiger partial charge in [-0.05, 0) is 239 Å². The van der Waals surface area contributed by atoms with E-state index in [9.17, 15) is 0 Å². The van der Waals surface area contributed by atoms with E-state index >= 15 is 0 Å². The molecule has 1 N–H and O–H groups in total. The lowest BCUT2D eigenvalue weighted by Crippen LogP contribution is -2.55. The van der Waals surface area contributed by atoms with E-state index in [-0.39, 0.29) is 5.41 Å². The lowest BCUT2D eigenvalue weighted by Gasteiger charge is -2.61. The van der Waals surface area contributed by atoms with Gasteiger partial charge in [0.2, 0.25) is 0 Å². The Labute approximate surface area is 500 Å². The van der Waals surface area contributed by atoms with Crippen molar-refractivity contribution in [3.63, 3.8) is 0 Å². The van der Waals surface area contributed by atoms with E-state index < -0.39 is 0 Å². The Morgan fingerprint density at radius 3 is 1.64 bits per heavy atom. The lowest BCUT2D eigenvalue weighted by atomic mass is 9.43. The Bertz CT molecular complexity index is 5210. The van der Waals surface area contributed by atoms with Gasteiger partial charge in [0, 0.05) is 77.2 Å². The maximum Gasteiger partial charge on any atom is 0.0541 e. The molecule has 0 unspecified atom stereocenters. The smallest absolute Gasteiger partial charge is 0.0541 e. The first kappa shape index (κ1) is 48.5. The molecule has 1 spiro atoms. The second-order valence-electron chi connectivity index (χ2n) is 25.9. The van der Waals surface area contributed by atoms with E-state index in [2.05, 4.69) is 282 Å². The zero-order valence-corrected chi connectivity index (χ0v) is 48.4. The molecule has 5 aliphatic carbocycles. The molecule has 0 amide bonds. The number of rotatable bonds is 8. The maximum absolute atomic E-state index is 3.74. The van der Waals surface area contributed by atoms with Crippen LogP contribution in [0.5, 0.6) is 0 Å². The third-order valence-electron chi connectivity index (χ3n) is 21.3. The third kappa shape index (κ3) is 6.81. The highest BCUT2D eigenvalue weighted by atomic mass is 15.2. The number of aromatic nitrogens is 2. The van der Waals surface area contributed by atoms with Gasteiger partial charge in [-0.15, -0.1) is 0 Å². The standard InChI is InChI=1S/C82H62N4/c1-49-13-12-16-62(39-49)84(60-29-31-61(32-30-60)86-75-21-10-7-18-66(75)67-19-8-11-22-76(67)86)77-37-27-53-24-35-69-78(38-28-54-23-34-68(77)80(53)81(54)69)85(59-14-4-3-5-15-59)63-40-50(2)79-70-46-55(56-25-33-65-64-17-6-9-20-73(64)83-74(65)47-56)26-36-71(70)82(72(79)48-63)57-42-51-41-52(44-57)45-58(82)43-51/h3-40,46-48,51-52,57-58,83H,41-45H2,1-2H3. The molecule has 13 aromatic carbocycles. The first-order chi connectivity index (χ1) is 42.4. The summed E-state index contributed by atoms with van der Waals surface area (Å²) in [5.41, 5.74) is 24.1. The van der Waals surface area contributed by atoms with E-state index in [1.165, 1.54) is 158 Å². The van der Waals surface area contributed by atoms with Gasteiger partial charge in [0.05, 0.1) is 22.4 Å². The van der Waals surface area contributed by atoms with Crippen molar-refractivity contribution in [3.05, 3.63) is 271 Å². The van der Waals surface area contributed by atoms with Gasteiger partial charge in [-0.2, -0.15) is 0 Å². The topological polar surface area (TPSA) is 27.2 Å². The van der Waals surface area contributed by atoms with Crippen LogP contribution in [0.1, 0.15) is 54.4 Å². The molecule has 0 aliphatic heterocycles. The van der Waals surface area contributed by atoms with E-state index in [1.807, 2.05) is 0 Å². The van der Waals surface area contributed by atoms with Gasteiger partial charge in [0.15, 0.2) is 0 Å². The van der Waals surface area contributed by atoms with E-state index in [4.69, 9.17) is 0 Å². The highest BCUT2D eigenvalue weighted by molar-refractivity contribution is 6.28. The third-order valence-corrected chi connectivity index (χ3v) is 21.3. The van der Waals surface area contributed by atoms with Crippen molar-refractivity contribution in [2.24, 2.45) is 23.7 Å². The first-order valence-electron chi connectivity index (χ1n) is 31.2. The van der Waals surface area contributed by atoms with Crippen LogP contribution < -0.4 is 9.80 Å². The number of H-pyrrole nitrogens is 1.